The maximum Gasteiger partial charge on any atom is 0.252 e. The number of halogens is 1. The van der Waals surface area contributed by atoms with Crippen LogP contribution in [0.25, 0.3) is 0 Å². The summed E-state index contributed by atoms with van der Waals surface area (Å²) in [5.41, 5.74) is 1.41. The van der Waals surface area contributed by atoms with E-state index >= 15 is 0 Å². The number of carbonyl (C=O) groups is 1. The summed E-state index contributed by atoms with van der Waals surface area (Å²) in [5, 5.41) is 15.9. The molecule has 2 heterocycles. The highest BCUT2D eigenvalue weighted by atomic mass is 32.1. The van der Waals surface area contributed by atoms with Crippen molar-refractivity contribution in [1.82, 2.24) is 5.32 Å². The molecule has 2 aromatic rings. The van der Waals surface area contributed by atoms with Crippen LogP contribution in [0.5, 0.6) is 0 Å². The molecule has 1 fully saturated rings. The molecule has 6 heteroatoms. The number of nitrogens with one attached hydrogen (secondary N) is 1. The molecule has 1 aliphatic heterocycles. The molecular formula is C17H16FN3OS. The van der Waals surface area contributed by atoms with Crippen LogP contribution in [0.3, 0.4) is 0 Å². The minimum Gasteiger partial charge on any atom is -0.370 e. The zero-order valence-electron chi connectivity index (χ0n) is 12.5. The lowest BCUT2D eigenvalue weighted by molar-refractivity contribution is 0.0931. The van der Waals surface area contributed by atoms with Crippen molar-refractivity contribution in [1.29, 1.82) is 5.26 Å². The minimum atomic E-state index is -0.488. The van der Waals surface area contributed by atoms with Crippen molar-refractivity contribution in [3.63, 3.8) is 0 Å². The standard InChI is InChI=1S/C17H16FN3OS/c18-15-2-1-3-16(14(15)10-19)21-7-4-13(5-8-21)20-17(22)12-6-9-23-11-12/h1-3,6,9,11,13H,4-5,7-8H2,(H,20,22). The number of nitrogens with zero attached hydrogens (tertiary/aromatic N) is 2. The lowest BCUT2D eigenvalue weighted by Gasteiger charge is -2.34. The quantitative estimate of drug-likeness (QED) is 0.941. The van der Waals surface area contributed by atoms with Gasteiger partial charge in [-0.2, -0.15) is 16.6 Å². The van der Waals surface area contributed by atoms with Crippen molar-refractivity contribution >= 4 is 22.9 Å². The van der Waals surface area contributed by atoms with Crippen LogP contribution in [0.1, 0.15) is 28.8 Å². The summed E-state index contributed by atoms with van der Waals surface area (Å²) >= 11 is 1.50. The molecule has 1 aromatic heterocycles. The van der Waals surface area contributed by atoms with Crippen LogP contribution in [-0.2, 0) is 0 Å². The van der Waals surface area contributed by atoms with Gasteiger partial charge in [-0.3, -0.25) is 4.79 Å². The van der Waals surface area contributed by atoms with Crippen molar-refractivity contribution in [2.75, 3.05) is 18.0 Å². The molecular weight excluding hydrogens is 313 g/mol. The molecule has 4 nitrogen and oxygen atoms in total. The Labute approximate surface area is 138 Å². The summed E-state index contributed by atoms with van der Waals surface area (Å²) in [6, 6.07) is 8.55. The maximum absolute atomic E-state index is 13.7. The van der Waals surface area contributed by atoms with E-state index in [2.05, 4.69) is 5.32 Å². The number of hydrogen-bond acceptors (Lipinski definition) is 4. The van der Waals surface area contributed by atoms with E-state index in [1.807, 2.05) is 21.7 Å². The Balaban J connectivity index is 1.62. The molecule has 0 bridgehead atoms. The Morgan fingerprint density at radius 3 is 2.78 bits per heavy atom. The molecule has 3 rings (SSSR count). The number of amides is 1. The van der Waals surface area contributed by atoms with Crippen LogP contribution in [-0.4, -0.2) is 25.0 Å². The summed E-state index contributed by atoms with van der Waals surface area (Å²) in [6.07, 6.45) is 1.55. The van der Waals surface area contributed by atoms with Gasteiger partial charge in [-0.15, -0.1) is 0 Å². The average molecular weight is 329 g/mol. The summed E-state index contributed by atoms with van der Waals surface area (Å²) in [5.74, 6) is -0.536. The van der Waals surface area contributed by atoms with Crippen LogP contribution in [0.15, 0.2) is 35.0 Å². The van der Waals surface area contributed by atoms with Crippen LogP contribution in [0.4, 0.5) is 10.1 Å². The van der Waals surface area contributed by atoms with Crippen LogP contribution >= 0.6 is 11.3 Å². The molecule has 0 aliphatic carbocycles. The van der Waals surface area contributed by atoms with Gasteiger partial charge in [0.25, 0.3) is 5.91 Å². The second-order valence-electron chi connectivity index (χ2n) is 5.49. The fourth-order valence-corrected chi connectivity index (χ4v) is 3.45. The Morgan fingerprint density at radius 1 is 1.35 bits per heavy atom. The predicted molar refractivity (Wildman–Crippen MR) is 88.1 cm³/mol. The Kier molecular flexibility index (Phi) is 4.58. The third kappa shape index (κ3) is 3.35. The molecule has 1 aromatic carbocycles. The van der Waals surface area contributed by atoms with E-state index in [9.17, 15) is 9.18 Å². The van der Waals surface area contributed by atoms with Crippen molar-refractivity contribution in [3.05, 3.63) is 52.0 Å². The first-order valence-electron chi connectivity index (χ1n) is 7.45. The second kappa shape index (κ2) is 6.80. The highest BCUT2D eigenvalue weighted by molar-refractivity contribution is 7.08. The van der Waals surface area contributed by atoms with Gasteiger partial charge in [-0.25, -0.2) is 4.39 Å². The number of rotatable bonds is 3. The summed E-state index contributed by atoms with van der Waals surface area (Å²) in [7, 11) is 0. The topological polar surface area (TPSA) is 56.1 Å². The first kappa shape index (κ1) is 15.5. The largest absolute Gasteiger partial charge is 0.370 e. The number of nitriles is 1. The maximum atomic E-state index is 13.7. The summed E-state index contributed by atoms with van der Waals surface area (Å²) < 4.78 is 13.7. The van der Waals surface area contributed by atoms with Crippen LogP contribution in [0, 0.1) is 17.1 Å². The number of benzene rings is 1. The van der Waals surface area contributed by atoms with Gasteiger partial charge in [0.05, 0.1) is 5.69 Å². The molecule has 0 radical (unpaired) electrons. The SMILES string of the molecule is N#Cc1c(F)cccc1N1CCC(NC(=O)c2ccsc2)CC1. The number of piperidine rings is 1. The molecule has 1 saturated heterocycles. The van der Waals surface area contributed by atoms with Crippen LogP contribution in [0.2, 0.25) is 0 Å². The first-order chi connectivity index (χ1) is 11.2. The normalized spacial score (nSPS) is 15.2. The van der Waals surface area contributed by atoms with Gasteiger partial charge in [-0.1, -0.05) is 6.07 Å². The lowest BCUT2D eigenvalue weighted by Crippen LogP contribution is -2.44. The number of carbonyl (C=O) groups excluding carboxylic acids is 1. The van der Waals surface area contributed by atoms with E-state index < -0.39 is 5.82 Å². The van der Waals surface area contributed by atoms with Crippen molar-refractivity contribution in [2.24, 2.45) is 0 Å². The number of hydrogen-bond donors (Lipinski definition) is 1. The van der Waals surface area contributed by atoms with Gasteiger partial charge in [0.15, 0.2) is 0 Å². The smallest absolute Gasteiger partial charge is 0.252 e. The highest BCUT2D eigenvalue weighted by Gasteiger charge is 2.23. The molecule has 0 spiro atoms. The molecule has 0 saturated carbocycles. The Morgan fingerprint density at radius 2 is 2.13 bits per heavy atom. The van der Waals surface area contributed by atoms with Gasteiger partial charge < -0.3 is 10.2 Å². The second-order valence-corrected chi connectivity index (χ2v) is 6.27. The number of thiophene rings is 1. The van der Waals surface area contributed by atoms with Crippen molar-refractivity contribution in [2.45, 2.75) is 18.9 Å². The lowest BCUT2D eigenvalue weighted by atomic mass is 10.0. The van der Waals surface area contributed by atoms with Gasteiger partial charge in [0, 0.05) is 30.1 Å². The molecule has 1 amide bonds. The third-order valence-corrected chi connectivity index (χ3v) is 4.74. The third-order valence-electron chi connectivity index (χ3n) is 4.06. The first-order valence-corrected chi connectivity index (χ1v) is 8.40. The molecule has 23 heavy (non-hydrogen) atoms. The van der Waals surface area contributed by atoms with E-state index in [1.54, 1.807) is 18.2 Å². The predicted octanol–water partition coefficient (Wildman–Crippen LogP) is 3.16. The van der Waals surface area contributed by atoms with E-state index in [0.29, 0.717) is 24.3 Å². The molecule has 118 valence electrons. The fourth-order valence-electron chi connectivity index (χ4n) is 2.81. The zero-order valence-corrected chi connectivity index (χ0v) is 13.3. The van der Waals surface area contributed by atoms with E-state index in [-0.39, 0.29) is 17.5 Å². The highest BCUT2D eigenvalue weighted by Crippen LogP contribution is 2.25. The van der Waals surface area contributed by atoms with Crippen molar-refractivity contribution in [3.8, 4) is 6.07 Å². The fraction of sp³-hybridized carbons (Fsp3) is 0.294. The monoisotopic (exact) mass is 329 g/mol. The van der Waals surface area contributed by atoms with Gasteiger partial charge in [0.1, 0.15) is 17.4 Å². The van der Waals surface area contributed by atoms with Gasteiger partial charge in [-0.05, 0) is 36.4 Å². The van der Waals surface area contributed by atoms with Gasteiger partial charge in [0.2, 0.25) is 0 Å². The zero-order chi connectivity index (χ0) is 16.2. The minimum absolute atomic E-state index is 0.0480. The molecule has 1 N–H and O–H groups in total. The van der Waals surface area contributed by atoms with E-state index in [4.69, 9.17) is 5.26 Å². The Bertz CT molecular complexity index is 731. The summed E-state index contributed by atoms with van der Waals surface area (Å²) in [6.45, 7) is 1.37. The average Bonchev–Trinajstić information content (AvgIpc) is 3.10. The van der Waals surface area contributed by atoms with E-state index in [1.165, 1.54) is 17.4 Å². The number of anilines is 1. The summed E-state index contributed by atoms with van der Waals surface area (Å²) in [4.78, 5) is 14.1. The van der Waals surface area contributed by atoms with Gasteiger partial charge >= 0.3 is 0 Å². The van der Waals surface area contributed by atoms with Crippen LogP contribution < -0.4 is 10.2 Å². The molecule has 1 aliphatic rings. The Hall–Kier alpha value is -2.39. The molecule has 0 unspecified atom stereocenters. The van der Waals surface area contributed by atoms with E-state index in [0.717, 1.165) is 12.8 Å². The van der Waals surface area contributed by atoms with Crippen molar-refractivity contribution < 1.29 is 9.18 Å². The molecule has 0 atom stereocenters.